The number of primary sulfonamides is 1. The van der Waals surface area contributed by atoms with Crippen molar-refractivity contribution in [1.29, 1.82) is 0 Å². The van der Waals surface area contributed by atoms with E-state index >= 15 is 0 Å². The van der Waals surface area contributed by atoms with Crippen LogP contribution < -0.4 is 15.8 Å². The molecule has 6 nitrogen and oxygen atoms in total. The number of rotatable bonds is 7. The van der Waals surface area contributed by atoms with E-state index in [0.29, 0.717) is 17.4 Å². The Morgan fingerprint density at radius 3 is 2.59 bits per heavy atom. The van der Waals surface area contributed by atoms with Crippen molar-refractivity contribution >= 4 is 26.5 Å². The highest BCUT2D eigenvalue weighted by molar-refractivity contribution is 7.91. The van der Waals surface area contributed by atoms with Gasteiger partial charge < -0.3 is 10.6 Å². The van der Waals surface area contributed by atoms with E-state index in [9.17, 15) is 8.42 Å². The minimum atomic E-state index is -3.65. The maximum atomic E-state index is 11.2. The zero-order valence-corrected chi connectivity index (χ0v) is 11.6. The molecule has 0 fully saturated rings. The van der Waals surface area contributed by atoms with Crippen LogP contribution in [0.3, 0.4) is 0 Å². The van der Waals surface area contributed by atoms with Crippen molar-refractivity contribution in [2.24, 2.45) is 5.14 Å². The third-order valence-corrected chi connectivity index (χ3v) is 4.69. The van der Waals surface area contributed by atoms with Crippen molar-refractivity contribution in [3.05, 3.63) is 5.69 Å². The molecule has 0 atom stereocenters. The summed E-state index contributed by atoms with van der Waals surface area (Å²) in [5, 5.41) is 11.9. The predicted octanol–water partition coefficient (Wildman–Crippen LogP) is 0.510. The number of hydrogen-bond donors (Lipinski definition) is 3. The van der Waals surface area contributed by atoms with Crippen molar-refractivity contribution in [3.63, 3.8) is 0 Å². The summed E-state index contributed by atoms with van der Waals surface area (Å²) in [6.45, 7) is 6.23. The Bertz CT molecular complexity index is 456. The molecular weight excluding hydrogens is 260 g/mol. The first kappa shape index (κ1) is 14.4. The summed E-state index contributed by atoms with van der Waals surface area (Å²) in [7, 11) is -3.65. The first-order valence-corrected chi connectivity index (χ1v) is 7.76. The molecule has 0 unspecified atom stereocenters. The fourth-order valence-corrected chi connectivity index (χ4v) is 3.17. The van der Waals surface area contributed by atoms with Crippen molar-refractivity contribution in [2.45, 2.75) is 24.5 Å². The normalized spacial score (nSPS) is 11.7. The molecule has 0 radical (unpaired) electrons. The van der Waals surface area contributed by atoms with E-state index < -0.39 is 10.0 Å². The van der Waals surface area contributed by atoms with Gasteiger partial charge in [0.1, 0.15) is 0 Å². The lowest BCUT2D eigenvalue weighted by Crippen LogP contribution is -2.22. The topological polar surface area (TPSA) is 97.1 Å². The van der Waals surface area contributed by atoms with E-state index in [1.807, 2.05) is 0 Å². The molecular formula is C9H18N4O2S2. The molecule has 17 heavy (non-hydrogen) atoms. The van der Waals surface area contributed by atoms with Gasteiger partial charge in [0.05, 0.1) is 5.69 Å². The summed E-state index contributed by atoms with van der Waals surface area (Å²) in [4.78, 5) is 4.12. The molecule has 1 heterocycles. The number of nitrogens with two attached hydrogens (primary N) is 1. The molecule has 8 heteroatoms. The highest BCUT2D eigenvalue weighted by Gasteiger charge is 2.17. The molecule has 1 aromatic heterocycles. The van der Waals surface area contributed by atoms with Crippen LogP contribution in [-0.2, 0) is 10.0 Å². The molecule has 0 amide bonds. The molecule has 0 bridgehead atoms. The van der Waals surface area contributed by atoms with E-state index in [4.69, 9.17) is 5.14 Å². The minimum absolute atomic E-state index is 0.126. The average Bonchev–Trinajstić information content (AvgIpc) is 2.59. The quantitative estimate of drug-likeness (QED) is 0.631. The van der Waals surface area contributed by atoms with Crippen molar-refractivity contribution in [2.75, 3.05) is 25.0 Å². The lowest BCUT2D eigenvalue weighted by atomic mass is 10.5. The summed E-state index contributed by atoms with van der Waals surface area (Å²) in [5.74, 6) is 0. The fourth-order valence-electron chi connectivity index (χ4n) is 1.28. The Hall–Kier alpha value is -0.700. The van der Waals surface area contributed by atoms with Crippen molar-refractivity contribution in [1.82, 2.24) is 10.3 Å². The highest BCUT2D eigenvalue weighted by Crippen LogP contribution is 2.25. The first-order valence-electron chi connectivity index (χ1n) is 5.40. The van der Waals surface area contributed by atoms with Crippen LogP contribution >= 0.6 is 11.3 Å². The second-order valence-electron chi connectivity index (χ2n) is 3.61. The van der Waals surface area contributed by atoms with Crippen LogP contribution in [0.2, 0.25) is 0 Å². The molecule has 0 spiro atoms. The standard InChI is InChI=1S/C9H18N4O2S2/c1-3-4-11-5-6-12-9-13-7(2)8(16-9)17(10,14)15/h11H,3-6H2,1-2H3,(H,12,13)(H2,10,14,15). The fraction of sp³-hybridized carbons (Fsp3) is 0.667. The summed E-state index contributed by atoms with van der Waals surface area (Å²) in [5.41, 5.74) is 0.446. The van der Waals surface area contributed by atoms with Crippen LogP contribution in [0.4, 0.5) is 5.13 Å². The molecule has 1 rings (SSSR count). The van der Waals surface area contributed by atoms with E-state index in [1.54, 1.807) is 6.92 Å². The van der Waals surface area contributed by atoms with Crippen molar-refractivity contribution in [3.8, 4) is 0 Å². The largest absolute Gasteiger partial charge is 0.360 e. The molecule has 0 aliphatic rings. The van der Waals surface area contributed by atoms with Gasteiger partial charge in [-0.05, 0) is 19.9 Å². The van der Waals surface area contributed by atoms with Gasteiger partial charge >= 0.3 is 0 Å². The monoisotopic (exact) mass is 278 g/mol. The van der Waals surface area contributed by atoms with Gasteiger partial charge in [-0.2, -0.15) is 0 Å². The van der Waals surface area contributed by atoms with Crippen molar-refractivity contribution < 1.29 is 8.42 Å². The Kier molecular flexibility index (Phi) is 5.31. The molecule has 1 aromatic rings. The molecule has 4 N–H and O–H groups in total. The lowest BCUT2D eigenvalue weighted by Gasteiger charge is -2.03. The Labute approximate surface area is 106 Å². The van der Waals surface area contributed by atoms with Crippen LogP contribution in [0.25, 0.3) is 0 Å². The Balaban J connectivity index is 2.51. The van der Waals surface area contributed by atoms with Gasteiger partial charge in [0.2, 0.25) is 10.0 Å². The number of aryl methyl sites for hydroxylation is 1. The van der Waals surface area contributed by atoms with E-state index in [-0.39, 0.29) is 4.21 Å². The van der Waals surface area contributed by atoms with Gasteiger partial charge in [0.15, 0.2) is 9.34 Å². The molecule has 0 aliphatic carbocycles. The summed E-state index contributed by atoms with van der Waals surface area (Å²) < 4.78 is 22.5. The Morgan fingerprint density at radius 1 is 1.35 bits per heavy atom. The zero-order valence-electron chi connectivity index (χ0n) is 9.99. The average molecular weight is 278 g/mol. The predicted molar refractivity (Wildman–Crippen MR) is 69.9 cm³/mol. The molecule has 98 valence electrons. The minimum Gasteiger partial charge on any atom is -0.360 e. The van der Waals surface area contributed by atoms with Crippen LogP contribution in [0.15, 0.2) is 4.21 Å². The summed E-state index contributed by atoms with van der Waals surface area (Å²) >= 11 is 1.07. The van der Waals surface area contributed by atoms with Gasteiger partial charge in [-0.3, -0.25) is 0 Å². The van der Waals surface area contributed by atoms with E-state index in [1.165, 1.54) is 0 Å². The smallest absolute Gasteiger partial charge is 0.249 e. The number of nitrogens with zero attached hydrogens (tertiary/aromatic N) is 1. The Morgan fingerprint density at radius 2 is 2.06 bits per heavy atom. The molecule has 0 saturated heterocycles. The van der Waals surface area contributed by atoms with Gasteiger partial charge in [-0.15, -0.1) is 0 Å². The number of hydrogen-bond acceptors (Lipinski definition) is 6. The van der Waals surface area contributed by atoms with Gasteiger partial charge in [0, 0.05) is 13.1 Å². The third kappa shape index (κ3) is 4.58. The van der Waals surface area contributed by atoms with Gasteiger partial charge in [0.25, 0.3) is 0 Å². The van der Waals surface area contributed by atoms with E-state index in [0.717, 1.165) is 30.8 Å². The highest BCUT2D eigenvalue weighted by atomic mass is 32.2. The molecule has 0 aliphatic heterocycles. The van der Waals surface area contributed by atoms with Crippen LogP contribution in [0, 0.1) is 6.92 Å². The number of sulfonamides is 1. The maximum Gasteiger partial charge on any atom is 0.249 e. The summed E-state index contributed by atoms with van der Waals surface area (Å²) in [6.07, 6.45) is 1.09. The number of nitrogens with one attached hydrogen (secondary N) is 2. The van der Waals surface area contributed by atoms with E-state index in [2.05, 4.69) is 22.5 Å². The van der Waals surface area contributed by atoms with Crippen LogP contribution in [-0.4, -0.2) is 33.0 Å². The maximum absolute atomic E-state index is 11.2. The number of thiazole rings is 1. The van der Waals surface area contributed by atoms with Gasteiger partial charge in [-0.1, -0.05) is 18.3 Å². The molecule has 0 aromatic carbocycles. The second-order valence-corrected chi connectivity index (χ2v) is 6.37. The lowest BCUT2D eigenvalue weighted by molar-refractivity contribution is 0.599. The first-order chi connectivity index (χ1) is 7.95. The SMILES string of the molecule is CCCNCCNc1nc(C)c(S(N)(=O)=O)s1. The van der Waals surface area contributed by atoms with Crippen LogP contribution in [0.5, 0.6) is 0 Å². The number of anilines is 1. The van der Waals surface area contributed by atoms with Crippen LogP contribution in [0.1, 0.15) is 19.0 Å². The van der Waals surface area contributed by atoms with Gasteiger partial charge in [-0.25, -0.2) is 18.5 Å². The third-order valence-electron chi connectivity index (χ3n) is 2.02. The zero-order chi connectivity index (χ0) is 12.9. The molecule has 0 saturated carbocycles. The number of aromatic nitrogens is 1. The summed E-state index contributed by atoms with van der Waals surface area (Å²) in [6, 6.07) is 0. The second kappa shape index (κ2) is 6.29.